The molecule has 6 nitrogen and oxygen atoms in total. The van der Waals surface area contributed by atoms with E-state index in [4.69, 9.17) is 5.73 Å². The first kappa shape index (κ1) is 20.3. The molecule has 2 aromatic heterocycles. The molecule has 0 unspecified atom stereocenters. The number of Topliss-reactive ketones (excluding diaryl/α,β-unsaturated/α-hetero) is 1. The van der Waals surface area contributed by atoms with E-state index in [2.05, 4.69) is 15.3 Å². The molecule has 6 heteroatoms. The molecule has 2 aromatic carbocycles. The van der Waals surface area contributed by atoms with Gasteiger partial charge < -0.3 is 16.0 Å². The Bertz CT molecular complexity index is 1260. The van der Waals surface area contributed by atoms with Gasteiger partial charge in [0.1, 0.15) is 5.65 Å². The molecular formula is C25H24N4O2. The second-order valence-electron chi connectivity index (χ2n) is 8.58. The van der Waals surface area contributed by atoms with Crippen LogP contribution < -0.4 is 11.1 Å². The van der Waals surface area contributed by atoms with Gasteiger partial charge in [0, 0.05) is 45.2 Å². The van der Waals surface area contributed by atoms with E-state index in [0.29, 0.717) is 22.5 Å². The molecule has 4 aromatic rings. The molecule has 4 rings (SSSR count). The number of pyridine rings is 1. The number of carbonyl (C=O) groups is 2. The lowest BCUT2D eigenvalue weighted by molar-refractivity contribution is 0.0858. The first-order valence-electron chi connectivity index (χ1n) is 10.0. The maximum Gasteiger partial charge on any atom is 0.255 e. The van der Waals surface area contributed by atoms with Gasteiger partial charge in [-0.25, -0.2) is 4.98 Å². The minimum Gasteiger partial charge on any atom is -0.399 e. The molecule has 2 heterocycles. The number of hydrogen-bond donors (Lipinski definition) is 3. The van der Waals surface area contributed by atoms with Gasteiger partial charge in [-0.15, -0.1) is 0 Å². The summed E-state index contributed by atoms with van der Waals surface area (Å²) in [4.78, 5) is 32.6. The lowest BCUT2D eigenvalue weighted by atomic mass is 9.87. The number of aromatic nitrogens is 2. The number of ketones is 1. The van der Waals surface area contributed by atoms with Crippen molar-refractivity contribution < 1.29 is 9.59 Å². The number of aromatic amines is 1. The first-order chi connectivity index (χ1) is 14.7. The summed E-state index contributed by atoms with van der Waals surface area (Å²) < 4.78 is 0. The predicted molar refractivity (Wildman–Crippen MR) is 124 cm³/mol. The lowest BCUT2D eigenvalue weighted by Gasteiger charge is -2.16. The zero-order valence-electron chi connectivity index (χ0n) is 17.7. The second kappa shape index (κ2) is 7.72. The third-order valence-electron chi connectivity index (χ3n) is 5.04. The van der Waals surface area contributed by atoms with Gasteiger partial charge in [0.15, 0.2) is 5.78 Å². The summed E-state index contributed by atoms with van der Waals surface area (Å²) in [6, 6.07) is 18.2. The number of nitrogens with zero attached hydrogens (tertiary/aromatic N) is 1. The summed E-state index contributed by atoms with van der Waals surface area (Å²) in [5, 5.41) is 3.76. The van der Waals surface area contributed by atoms with Crippen molar-refractivity contribution in [2.24, 2.45) is 5.41 Å². The zero-order chi connectivity index (χ0) is 22.2. The molecule has 0 fully saturated rings. The molecule has 0 aliphatic carbocycles. The van der Waals surface area contributed by atoms with Crippen molar-refractivity contribution in [1.82, 2.24) is 9.97 Å². The maximum absolute atomic E-state index is 12.5. The molecule has 0 atom stereocenters. The van der Waals surface area contributed by atoms with Crippen LogP contribution in [0.4, 0.5) is 11.4 Å². The molecular weight excluding hydrogens is 388 g/mol. The van der Waals surface area contributed by atoms with Crippen LogP contribution in [-0.4, -0.2) is 21.7 Å². The van der Waals surface area contributed by atoms with Crippen LogP contribution in [0.5, 0.6) is 0 Å². The van der Waals surface area contributed by atoms with Crippen molar-refractivity contribution in [2.45, 2.75) is 20.8 Å². The van der Waals surface area contributed by atoms with E-state index >= 15 is 0 Å². The summed E-state index contributed by atoms with van der Waals surface area (Å²) in [6.07, 6.45) is 1.62. The Labute approximate surface area is 180 Å². The highest BCUT2D eigenvalue weighted by atomic mass is 16.1. The smallest absolute Gasteiger partial charge is 0.255 e. The number of nitrogen functional groups attached to an aromatic ring is 1. The molecule has 31 heavy (non-hydrogen) atoms. The Hall–Kier alpha value is -3.93. The van der Waals surface area contributed by atoms with E-state index in [0.717, 1.165) is 22.3 Å². The highest BCUT2D eigenvalue weighted by molar-refractivity contribution is 6.04. The van der Waals surface area contributed by atoms with E-state index in [1.807, 2.05) is 57.2 Å². The average molecular weight is 412 g/mol. The van der Waals surface area contributed by atoms with E-state index in [1.54, 1.807) is 30.5 Å². The summed E-state index contributed by atoms with van der Waals surface area (Å²) >= 11 is 0. The summed E-state index contributed by atoms with van der Waals surface area (Å²) in [5.41, 5.74) is 10.2. The van der Waals surface area contributed by atoms with Crippen molar-refractivity contribution in [2.75, 3.05) is 11.1 Å². The monoisotopic (exact) mass is 412 g/mol. The van der Waals surface area contributed by atoms with Crippen molar-refractivity contribution in [3.63, 3.8) is 0 Å². The first-order valence-corrected chi connectivity index (χ1v) is 10.0. The molecule has 156 valence electrons. The molecule has 4 N–H and O–H groups in total. The fraction of sp³-hybridized carbons (Fsp3) is 0.160. The van der Waals surface area contributed by atoms with E-state index in [-0.39, 0.29) is 11.7 Å². The molecule has 1 amide bonds. The minimum atomic E-state index is -0.457. The highest BCUT2D eigenvalue weighted by Crippen LogP contribution is 2.27. The number of carbonyl (C=O) groups excluding carboxylic acids is 2. The minimum absolute atomic E-state index is 0.0610. The largest absolute Gasteiger partial charge is 0.399 e. The molecule has 0 saturated carbocycles. The van der Waals surface area contributed by atoms with Gasteiger partial charge in [0.05, 0.1) is 0 Å². The molecule has 0 radical (unpaired) electrons. The number of fused-ring (bicyclic) bond motifs is 1. The van der Waals surface area contributed by atoms with Crippen LogP contribution in [0.25, 0.3) is 22.3 Å². The number of amides is 1. The van der Waals surface area contributed by atoms with Gasteiger partial charge in [0.2, 0.25) is 0 Å². The summed E-state index contributed by atoms with van der Waals surface area (Å²) in [5.74, 6) is -0.135. The van der Waals surface area contributed by atoms with Gasteiger partial charge in [0.25, 0.3) is 5.91 Å². The third kappa shape index (κ3) is 4.33. The Morgan fingerprint density at radius 1 is 0.935 bits per heavy atom. The fourth-order valence-corrected chi connectivity index (χ4v) is 3.30. The summed E-state index contributed by atoms with van der Waals surface area (Å²) in [7, 11) is 0. The second-order valence-corrected chi connectivity index (χ2v) is 8.58. The van der Waals surface area contributed by atoms with E-state index in [9.17, 15) is 9.59 Å². The quantitative estimate of drug-likeness (QED) is 0.313. The topological polar surface area (TPSA) is 101 Å². The highest BCUT2D eigenvalue weighted by Gasteiger charge is 2.23. The molecule has 0 aliphatic heterocycles. The van der Waals surface area contributed by atoms with Gasteiger partial charge in [-0.1, -0.05) is 32.9 Å². The molecule has 0 spiro atoms. The number of nitrogens with one attached hydrogen (secondary N) is 2. The number of nitrogens with two attached hydrogens (primary N) is 1. The van der Waals surface area contributed by atoms with Crippen LogP contribution in [-0.2, 0) is 0 Å². The third-order valence-corrected chi connectivity index (χ3v) is 5.04. The van der Waals surface area contributed by atoms with Gasteiger partial charge in [-0.05, 0) is 54.1 Å². The Morgan fingerprint density at radius 2 is 1.61 bits per heavy atom. The summed E-state index contributed by atoms with van der Waals surface area (Å²) in [6.45, 7) is 5.70. The Morgan fingerprint density at radius 3 is 2.26 bits per heavy atom. The molecule has 0 bridgehead atoms. The van der Waals surface area contributed by atoms with Crippen molar-refractivity contribution in [3.8, 4) is 11.3 Å². The number of H-pyrrole nitrogens is 1. The number of benzene rings is 2. The van der Waals surface area contributed by atoms with Gasteiger partial charge in [-0.3, -0.25) is 9.59 Å². The SMILES string of the molecule is CC(C)(C)C(=O)c1cnc2[nH]c(-c3ccc(NC(=O)c4ccc(N)cc4)cc3)cc2c1. The maximum atomic E-state index is 12.5. The van der Waals surface area contributed by atoms with Crippen molar-refractivity contribution in [1.29, 1.82) is 0 Å². The van der Waals surface area contributed by atoms with Crippen LogP contribution >= 0.6 is 0 Å². The van der Waals surface area contributed by atoms with Gasteiger partial charge in [-0.2, -0.15) is 0 Å². The Balaban J connectivity index is 1.54. The Kier molecular flexibility index (Phi) is 5.07. The number of hydrogen-bond acceptors (Lipinski definition) is 4. The lowest BCUT2D eigenvalue weighted by Crippen LogP contribution is -2.20. The normalized spacial score (nSPS) is 11.5. The van der Waals surface area contributed by atoms with E-state index < -0.39 is 5.41 Å². The molecule has 0 saturated heterocycles. The fourth-order valence-electron chi connectivity index (χ4n) is 3.30. The van der Waals surface area contributed by atoms with Crippen LogP contribution in [0.3, 0.4) is 0 Å². The zero-order valence-corrected chi connectivity index (χ0v) is 17.7. The average Bonchev–Trinajstić information content (AvgIpc) is 3.17. The van der Waals surface area contributed by atoms with Crippen molar-refractivity contribution >= 4 is 34.1 Å². The van der Waals surface area contributed by atoms with Crippen LogP contribution in [0.15, 0.2) is 66.9 Å². The van der Waals surface area contributed by atoms with Crippen LogP contribution in [0.2, 0.25) is 0 Å². The van der Waals surface area contributed by atoms with E-state index in [1.165, 1.54) is 0 Å². The van der Waals surface area contributed by atoms with Gasteiger partial charge >= 0.3 is 0 Å². The van der Waals surface area contributed by atoms with Crippen LogP contribution in [0, 0.1) is 5.41 Å². The number of rotatable bonds is 4. The van der Waals surface area contributed by atoms with Crippen molar-refractivity contribution in [3.05, 3.63) is 78.0 Å². The number of anilines is 2. The van der Waals surface area contributed by atoms with Crippen LogP contribution in [0.1, 0.15) is 41.5 Å². The standard InChI is InChI=1S/C25H24N4O2/c1-25(2,3)22(30)18-12-17-13-21(29-23(17)27-14-18)15-6-10-20(11-7-15)28-24(31)16-4-8-19(26)9-5-16/h4-14H,26H2,1-3H3,(H,27,29)(H,28,31). The predicted octanol–water partition coefficient (Wildman–Crippen LogP) is 5.29. The molecule has 0 aliphatic rings.